The normalized spacial score (nSPS) is 11.4. The van der Waals surface area contributed by atoms with Crippen molar-refractivity contribution < 1.29 is 22.8 Å². The molecule has 23 heavy (non-hydrogen) atoms. The number of anilines is 1. The van der Waals surface area contributed by atoms with E-state index in [-0.39, 0.29) is 16.5 Å². The fourth-order valence-electron chi connectivity index (χ4n) is 1.83. The van der Waals surface area contributed by atoms with Gasteiger partial charge >= 0.3 is 6.18 Å². The number of aromatic nitrogens is 1. The SMILES string of the molecule is CC(=O)c1sc(NC(=O)c2ccc(Cl)c(C(F)(F)F)c2)nc1C. The topological polar surface area (TPSA) is 59.1 Å². The fraction of sp³-hybridized carbons (Fsp3) is 0.214. The van der Waals surface area contributed by atoms with Gasteiger partial charge in [0.05, 0.1) is 21.2 Å². The number of benzene rings is 1. The molecule has 0 bridgehead atoms. The summed E-state index contributed by atoms with van der Waals surface area (Å²) in [6.45, 7) is 2.97. The lowest BCUT2D eigenvalue weighted by atomic mass is 10.1. The van der Waals surface area contributed by atoms with E-state index < -0.39 is 22.7 Å². The van der Waals surface area contributed by atoms with E-state index >= 15 is 0 Å². The van der Waals surface area contributed by atoms with Crippen molar-refractivity contribution in [1.29, 1.82) is 0 Å². The third-order valence-electron chi connectivity index (χ3n) is 2.87. The lowest BCUT2D eigenvalue weighted by Crippen LogP contribution is -2.14. The van der Waals surface area contributed by atoms with Crippen molar-refractivity contribution in [1.82, 2.24) is 4.98 Å². The number of hydrogen-bond acceptors (Lipinski definition) is 4. The van der Waals surface area contributed by atoms with Gasteiger partial charge in [0.1, 0.15) is 0 Å². The van der Waals surface area contributed by atoms with Gasteiger partial charge in [-0.25, -0.2) is 4.98 Å². The molecule has 0 aliphatic heterocycles. The zero-order valence-corrected chi connectivity index (χ0v) is 13.5. The molecule has 2 aromatic rings. The fourth-order valence-corrected chi connectivity index (χ4v) is 2.91. The van der Waals surface area contributed by atoms with Crippen LogP contribution in [0.25, 0.3) is 0 Å². The van der Waals surface area contributed by atoms with Gasteiger partial charge in [-0.3, -0.25) is 14.9 Å². The van der Waals surface area contributed by atoms with Crippen molar-refractivity contribution in [2.24, 2.45) is 0 Å². The number of hydrogen-bond donors (Lipinski definition) is 1. The van der Waals surface area contributed by atoms with Gasteiger partial charge in [0, 0.05) is 12.5 Å². The molecule has 0 aliphatic rings. The monoisotopic (exact) mass is 362 g/mol. The summed E-state index contributed by atoms with van der Waals surface area (Å²) in [5.74, 6) is -0.970. The molecule has 2 rings (SSSR count). The van der Waals surface area contributed by atoms with E-state index in [1.54, 1.807) is 6.92 Å². The Labute approximate surface area is 138 Å². The molecule has 122 valence electrons. The molecule has 0 radical (unpaired) electrons. The number of halogens is 4. The number of carbonyl (C=O) groups is 2. The molecule has 1 aromatic carbocycles. The summed E-state index contributed by atoms with van der Waals surface area (Å²) < 4.78 is 38.4. The highest BCUT2D eigenvalue weighted by molar-refractivity contribution is 7.17. The van der Waals surface area contributed by atoms with Crippen molar-refractivity contribution in [2.45, 2.75) is 20.0 Å². The Kier molecular flexibility index (Phi) is 4.76. The predicted molar refractivity (Wildman–Crippen MR) is 81.3 cm³/mol. The third-order valence-corrected chi connectivity index (χ3v) is 4.37. The minimum Gasteiger partial charge on any atom is -0.298 e. The molecule has 0 fully saturated rings. The molecule has 0 saturated heterocycles. The average molecular weight is 363 g/mol. The summed E-state index contributed by atoms with van der Waals surface area (Å²) in [5.41, 5.74) is -0.851. The first-order valence-corrected chi connectivity index (χ1v) is 7.45. The Morgan fingerprint density at radius 2 is 1.96 bits per heavy atom. The van der Waals surface area contributed by atoms with Crippen LogP contribution in [0.3, 0.4) is 0 Å². The number of nitrogens with one attached hydrogen (secondary N) is 1. The Balaban J connectivity index is 2.28. The standard InChI is InChI=1S/C14H10ClF3N2O2S/c1-6-11(7(2)21)23-13(19-6)20-12(22)8-3-4-10(15)9(5-8)14(16,17)18/h3-5H,1-2H3,(H,19,20,22). The first kappa shape index (κ1) is 17.4. The maximum absolute atomic E-state index is 12.8. The number of ketones is 1. The number of carbonyl (C=O) groups excluding carboxylic acids is 2. The zero-order valence-electron chi connectivity index (χ0n) is 11.9. The summed E-state index contributed by atoms with van der Waals surface area (Å²) in [6.07, 6.45) is -4.66. The van der Waals surface area contributed by atoms with E-state index in [1.165, 1.54) is 13.0 Å². The van der Waals surface area contributed by atoms with Crippen molar-refractivity contribution in [2.75, 3.05) is 5.32 Å². The molecule has 0 unspecified atom stereocenters. The minimum absolute atomic E-state index is 0.140. The van der Waals surface area contributed by atoms with Gasteiger partial charge < -0.3 is 0 Å². The molecule has 0 saturated carbocycles. The van der Waals surface area contributed by atoms with E-state index in [1.807, 2.05) is 0 Å². The number of aryl methyl sites for hydroxylation is 1. The van der Waals surface area contributed by atoms with Crippen molar-refractivity contribution in [3.8, 4) is 0 Å². The number of nitrogens with zero attached hydrogens (tertiary/aromatic N) is 1. The Bertz CT molecular complexity index is 787. The highest BCUT2D eigenvalue weighted by Gasteiger charge is 2.33. The van der Waals surface area contributed by atoms with Crippen LogP contribution >= 0.6 is 22.9 Å². The number of amides is 1. The molecule has 0 aliphatic carbocycles. The molecule has 1 heterocycles. The molecular weight excluding hydrogens is 353 g/mol. The van der Waals surface area contributed by atoms with Crippen LogP contribution in [-0.2, 0) is 6.18 Å². The summed E-state index contributed by atoms with van der Waals surface area (Å²) >= 11 is 6.47. The van der Waals surface area contributed by atoms with Gasteiger partial charge in [0.2, 0.25) is 0 Å². The van der Waals surface area contributed by atoms with Crippen LogP contribution in [0.15, 0.2) is 18.2 Å². The quantitative estimate of drug-likeness (QED) is 0.813. The van der Waals surface area contributed by atoms with Gasteiger partial charge in [-0.05, 0) is 25.1 Å². The first-order chi connectivity index (χ1) is 10.6. The minimum atomic E-state index is -4.66. The van der Waals surface area contributed by atoms with Crippen molar-refractivity contribution >= 4 is 39.8 Å². The van der Waals surface area contributed by atoms with Crippen LogP contribution < -0.4 is 5.32 Å². The Hall–Kier alpha value is -1.93. The largest absolute Gasteiger partial charge is 0.417 e. The molecule has 1 aromatic heterocycles. The molecule has 1 N–H and O–H groups in total. The van der Waals surface area contributed by atoms with Crippen LogP contribution in [0.2, 0.25) is 5.02 Å². The van der Waals surface area contributed by atoms with E-state index in [0.717, 1.165) is 17.4 Å². The van der Waals surface area contributed by atoms with Crippen LogP contribution in [0.4, 0.5) is 18.3 Å². The second-order valence-corrected chi connectivity index (χ2v) is 6.04. The molecular formula is C14H10ClF3N2O2S. The number of thiazole rings is 1. The highest BCUT2D eigenvalue weighted by Crippen LogP contribution is 2.35. The van der Waals surface area contributed by atoms with Crippen molar-refractivity contribution in [3.05, 3.63) is 44.9 Å². The van der Waals surface area contributed by atoms with Gasteiger partial charge in [0.15, 0.2) is 10.9 Å². The molecule has 4 nitrogen and oxygen atoms in total. The van der Waals surface area contributed by atoms with E-state index in [9.17, 15) is 22.8 Å². The highest BCUT2D eigenvalue weighted by atomic mass is 35.5. The zero-order chi connectivity index (χ0) is 17.4. The van der Waals surface area contributed by atoms with Crippen LogP contribution in [-0.4, -0.2) is 16.7 Å². The van der Waals surface area contributed by atoms with Gasteiger partial charge in [0.25, 0.3) is 5.91 Å². The van der Waals surface area contributed by atoms with Crippen LogP contribution in [0, 0.1) is 6.92 Å². The Morgan fingerprint density at radius 3 is 2.48 bits per heavy atom. The lowest BCUT2D eigenvalue weighted by molar-refractivity contribution is -0.137. The maximum Gasteiger partial charge on any atom is 0.417 e. The average Bonchev–Trinajstić information content (AvgIpc) is 2.78. The van der Waals surface area contributed by atoms with E-state index in [2.05, 4.69) is 10.3 Å². The molecule has 9 heteroatoms. The summed E-state index contributed by atoms with van der Waals surface area (Å²) in [7, 11) is 0. The lowest BCUT2D eigenvalue weighted by Gasteiger charge is -2.10. The number of Topliss-reactive ketones (excluding diaryl/α,β-unsaturated/α-hetero) is 1. The molecule has 1 amide bonds. The second kappa shape index (κ2) is 6.29. The predicted octanol–water partition coefficient (Wildman–Crippen LogP) is 4.58. The number of rotatable bonds is 3. The van der Waals surface area contributed by atoms with Crippen molar-refractivity contribution in [3.63, 3.8) is 0 Å². The van der Waals surface area contributed by atoms with Gasteiger partial charge in [-0.15, -0.1) is 0 Å². The number of alkyl halides is 3. The molecule has 0 atom stereocenters. The third kappa shape index (κ3) is 3.89. The van der Waals surface area contributed by atoms with Crippen LogP contribution in [0.1, 0.15) is 38.2 Å². The van der Waals surface area contributed by atoms with Crippen LogP contribution in [0.5, 0.6) is 0 Å². The van der Waals surface area contributed by atoms with E-state index in [0.29, 0.717) is 16.6 Å². The smallest absolute Gasteiger partial charge is 0.298 e. The summed E-state index contributed by atoms with van der Waals surface area (Å²) in [6, 6.07) is 2.86. The summed E-state index contributed by atoms with van der Waals surface area (Å²) in [5, 5.41) is 2.03. The maximum atomic E-state index is 12.8. The summed E-state index contributed by atoms with van der Waals surface area (Å²) in [4.78, 5) is 27.8. The molecule has 0 spiro atoms. The first-order valence-electron chi connectivity index (χ1n) is 6.26. The Morgan fingerprint density at radius 1 is 1.30 bits per heavy atom. The van der Waals surface area contributed by atoms with E-state index in [4.69, 9.17) is 11.6 Å². The van der Waals surface area contributed by atoms with Gasteiger partial charge in [-0.2, -0.15) is 13.2 Å². The second-order valence-electron chi connectivity index (χ2n) is 4.64. The van der Waals surface area contributed by atoms with Gasteiger partial charge in [-0.1, -0.05) is 22.9 Å².